The zero-order valence-corrected chi connectivity index (χ0v) is 24.3. The van der Waals surface area contributed by atoms with E-state index in [0.717, 1.165) is 23.8 Å². The molecule has 1 fully saturated rings. The Hall–Kier alpha value is -3.50. The van der Waals surface area contributed by atoms with Crippen molar-refractivity contribution in [3.8, 4) is 17.2 Å². The molecule has 0 amide bonds. The van der Waals surface area contributed by atoms with Gasteiger partial charge < -0.3 is 14.2 Å². The fourth-order valence-corrected chi connectivity index (χ4v) is 7.27. The number of ether oxygens (including phenoxy) is 3. The van der Waals surface area contributed by atoms with Gasteiger partial charge >= 0.3 is 0 Å². The average Bonchev–Trinajstić information content (AvgIpc) is 3.23. The van der Waals surface area contributed by atoms with Crippen LogP contribution in [0.4, 0.5) is 0 Å². The molecule has 0 unspecified atom stereocenters. The van der Waals surface area contributed by atoms with Crippen LogP contribution >= 0.6 is 0 Å². The van der Waals surface area contributed by atoms with Gasteiger partial charge in [0.05, 0.1) is 14.2 Å². The number of methoxy groups -OCH3 is 2. The maximum atomic E-state index is 6.75. The van der Waals surface area contributed by atoms with Gasteiger partial charge in [-0.1, -0.05) is 80.9 Å². The van der Waals surface area contributed by atoms with Gasteiger partial charge in [-0.3, -0.25) is 4.90 Å². The molecule has 1 heterocycles. The largest absolute Gasteiger partial charge is 0.497 e. The number of rotatable bonds is 8. The fraction of sp³-hybridized carbons (Fsp3) is 0.389. The zero-order chi connectivity index (χ0) is 27.7. The lowest BCUT2D eigenvalue weighted by atomic mass is 9.70. The highest BCUT2D eigenvalue weighted by atomic mass is 16.5. The lowest BCUT2D eigenvalue weighted by Gasteiger charge is -2.33. The quantitative estimate of drug-likeness (QED) is 0.229. The fourth-order valence-electron chi connectivity index (χ4n) is 7.27. The van der Waals surface area contributed by atoms with Crippen LogP contribution in [0.25, 0.3) is 10.8 Å². The van der Waals surface area contributed by atoms with Crippen molar-refractivity contribution in [2.45, 2.75) is 50.4 Å². The second kappa shape index (κ2) is 11.2. The molecule has 2 atom stereocenters. The van der Waals surface area contributed by atoms with E-state index in [1.165, 1.54) is 65.4 Å². The Labute approximate surface area is 238 Å². The molecule has 0 radical (unpaired) electrons. The highest BCUT2D eigenvalue weighted by Gasteiger charge is 2.50. The number of nitrogens with zero attached hydrogens (tertiary/aromatic N) is 1. The molecule has 0 spiro atoms. The molecule has 1 saturated heterocycles. The molecule has 0 N–H and O–H groups in total. The van der Waals surface area contributed by atoms with Crippen LogP contribution < -0.4 is 14.2 Å². The van der Waals surface area contributed by atoms with Crippen molar-refractivity contribution >= 4 is 10.8 Å². The summed E-state index contributed by atoms with van der Waals surface area (Å²) >= 11 is 0. The van der Waals surface area contributed by atoms with E-state index in [2.05, 4.69) is 97.6 Å². The Kier molecular flexibility index (Phi) is 7.46. The van der Waals surface area contributed by atoms with Crippen LogP contribution in [-0.4, -0.2) is 45.4 Å². The molecule has 1 aliphatic carbocycles. The normalized spacial score (nSPS) is 20.3. The first-order valence-electron chi connectivity index (χ1n) is 14.7. The molecule has 2 aliphatic rings. The van der Waals surface area contributed by atoms with Gasteiger partial charge in [0.15, 0.2) is 0 Å². The topological polar surface area (TPSA) is 30.9 Å². The van der Waals surface area contributed by atoms with Crippen molar-refractivity contribution in [1.82, 2.24) is 4.90 Å². The van der Waals surface area contributed by atoms with Crippen LogP contribution in [0.5, 0.6) is 17.2 Å². The summed E-state index contributed by atoms with van der Waals surface area (Å²) in [6.07, 6.45) is 3.90. The van der Waals surface area contributed by atoms with Crippen LogP contribution in [0.2, 0.25) is 0 Å². The first-order chi connectivity index (χ1) is 19.5. The Balaban J connectivity index is 1.55. The minimum absolute atomic E-state index is 0.0457. The molecule has 4 heteroatoms. The third kappa shape index (κ3) is 4.73. The molecule has 208 valence electrons. The summed E-state index contributed by atoms with van der Waals surface area (Å²) in [5.74, 6) is 2.92. The number of fused-ring (bicyclic) bond motifs is 2. The smallest absolute Gasteiger partial charge is 0.127 e. The molecular formula is C36H41NO3. The monoisotopic (exact) mass is 535 g/mol. The van der Waals surface area contributed by atoms with E-state index in [1.807, 2.05) is 0 Å². The van der Waals surface area contributed by atoms with E-state index in [-0.39, 0.29) is 17.3 Å². The Morgan fingerprint density at radius 2 is 1.52 bits per heavy atom. The van der Waals surface area contributed by atoms with Crippen molar-refractivity contribution in [3.63, 3.8) is 0 Å². The second-order valence-electron chi connectivity index (χ2n) is 11.8. The summed E-state index contributed by atoms with van der Waals surface area (Å²) < 4.78 is 18.7. The molecule has 4 aromatic carbocycles. The zero-order valence-electron chi connectivity index (χ0n) is 24.3. The summed E-state index contributed by atoms with van der Waals surface area (Å²) in [5.41, 5.74) is 4.92. The Bertz CT molecular complexity index is 1470. The highest BCUT2D eigenvalue weighted by molar-refractivity contribution is 5.89. The van der Waals surface area contributed by atoms with Crippen molar-refractivity contribution in [2.24, 2.45) is 0 Å². The minimum atomic E-state index is -0.178. The third-order valence-electron chi connectivity index (χ3n) is 9.20. The van der Waals surface area contributed by atoms with Crippen LogP contribution in [0.15, 0.2) is 78.9 Å². The number of benzene rings is 4. The standard InChI is InChI=1S/C36H41NO3/c1-36(2)29-23-27(38-3)24-31(40-22-21-37-19-11-6-12-20-37)33(29)34(35(36)26-14-7-5-8-15-26)32-28-16-10-9-13-25(28)17-18-30(32)39-4/h5,7-10,13-18,23-24,34-35H,6,11-12,19-22H2,1-4H3/t34-,35+/m0/s1. The van der Waals surface area contributed by atoms with E-state index in [9.17, 15) is 0 Å². The van der Waals surface area contributed by atoms with Gasteiger partial charge in [-0.25, -0.2) is 0 Å². The van der Waals surface area contributed by atoms with Crippen LogP contribution in [0.1, 0.15) is 67.2 Å². The molecule has 40 heavy (non-hydrogen) atoms. The predicted octanol–water partition coefficient (Wildman–Crippen LogP) is 7.93. The van der Waals surface area contributed by atoms with Crippen molar-refractivity contribution in [2.75, 3.05) is 40.5 Å². The predicted molar refractivity (Wildman–Crippen MR) is 163 cm³/mol. The van der Waals surface area contributed by atoms with Crippen molar-refractivity contribution < 1.29 is 14.2 Å². The molecule has 0 saturated carbocycles. The van der Waals surface area contributed by atoms with Crippen LogP contribution in [-0.2, 0) is 5.41 Å². The summed E-state index contributed by atoms with van der Waals surface area (Å²) in [5, 5.41) is 2.45. The molecule has 4 aromatic rings. The van der Waals surface area contributed by atoms with Gasteiger partial charge in [0, 0.05) is 35.6 Å². The lowest BCUT2D eigenvalue weighted by molar-refractivity contribution is 0.182. The van der Waals surface area contributed by atoms with E-state index < -0.39 is 0 Å². The summed E-state index contributed by atoms with van der Waals surface area (Å²) in [6, 6.07) is 28.3. The molecule has 0 bridgehead atoms. The molecule has 0 aromatic heterocycles. The SMILES string of the molecule is COc1cc(OCCN2CCCCC2)c2c(c1)C(C)(C)[C@H](c1ccccc1)[C@H]2c1c(OC)ccc2ccccc12. The Morgan fingerprint density at radius 1 is 0.775 bits per heavy atom. The molecule has 1 aliphatic heterocycles. The molecule has 4 nitrogen and oxygen atoms in total. The van der Waals surface area contributed by atoms with Gasteiger partial charge in [-0.15, -0.1) is 0 Å². The van der Waals surface area contributed by atoms with Crippen LogP contribution in [0.3, 0.4) is 0 Å². The van der Waals surface area contributed by atoms with Gasteiger partial charge in [-0.2, -0.15) is 0 Å². The van der Waals surface area contributed by atoms with E-state index in [1.54, 1.807) is 14.2 Å². The first-order valence-corrected chi connectivity index (χ1v) is 14.7. The number of likely N-dealkylation sites (tertiary alicyclic amines) is 1. The van der Waals surface area contributed by atoms with E-state index >= 15 is 0 Å². The Morgan fingerprint density at radius 3 is 2.27 bits per heavy atom. The lowest BCUT2D eigenvalue weighted by Crippen LogP contribution is -2.33. The van der Waals surface area contributed by atoms with Gasteiger partial charge in [-0.05, 0) is 65.4 Å². The van der Waals surface area contributed by atoms with Crippen molar-refractivity contribution in [3.05, 3.63) is 101 Å². The molecular weight excluding hydrogens is 494 g/mol. The summed E-state index contributed by atoms with van der Waals surface area (Å²) in [7, 11) is 3.54. The van der Waals surface area contributed by atoms with E-state index in [0.29, 0.717) is 6.61 Å². The average molecular weight is 536 g/mol. The van der Waals surface area contributed by atoms with Gasteiger partial charge in [0.1, 0.15) is 23.9 Å². The molecule has 6 rings (SSSR count). The third-order valence-corrected chi connectivity index (χ3v) is 9.20. The summed E-state index contributed by atoms with van der Waals surface area (Å²) in [6.45, 7) is 8.68. The van der Waals surface area contributed by atoms with Crippen molar-refractivity contribution in [1.29, 1.82) is 0 Å². The van der Waals surface area contributed by atoms with Gasteiger partial charge in [0.2, 0.25) is 0 Å². The first kappa shape index (κ1) is 26.7. The maximum absolute atomic E-state index is 6.75. The number of hydrogen-bond acceptors (Lipinski definition) is 4. The van der Waals surface area contributed by atoms with Gasteiger partial charge in [0.25, 0.3) is 0 Å². The highest BCUT2D eigenvalue weighted by Crippen LogP contribution is 2.62. The van der Waals surface area contributed by atoms with E-state index in [4.69, 9.17) is 14.2 Å². The minimum Gasteiger partial charge on any atom is -0.497 e. The maximum Gasteiger partial charge on any atom is 0.127 e. The summed E-state index contributed by atoms with van der Waals surface area (Å²) in [4.78, 5) is 2.53. The van der Waals surface area contributed by atoms with Crippen LogP contribution in [0, 0.1) is 0 Å². The number of hydrogen-bond donors (Lipinski definition) is 0. The second-order valence-corrected chi connectivity index (χ2v) is 11.8. The number of piperidine rings is 1.